The Morgan fingerprint density at radius 3 is 2.40 bits per heavy atom. The number of carbonyl (C=O) groups excluding carboxylic acids is 1. The van der Waals surface area contributed by atoms with Crippen LogP contribution in [0.2, 0.25) is 0 Å². The first-order valence-corrected chi connectivity index (χ1v) is 7.68. The third-order valence-electron chi connectivity index (χ3n) is 2.19. The first-order valence-electron chi connectivity index (χ1n) is 5.79. The second-order valence-electron chi connectivity index (χ2n) is 4.50. The number of nitrogens with one attached hydrogen (secondary N) is 1. The Bertz CT molecular complexity index is 599. The predicted molar refractivity (Wildman–Crippen MR) is 74.3 cm³/mol. The predicted octanol–water partition coefficient (Wildman–Crippen LogP) is -1.16. The fourth-order valence-corrected chi connectivity index (χ4v) is 1.91. The molecule has 20 heavy (non-hydrogen) atoms. The Kier molecular flexibility index (Phi) is 5.15. The average molecular weight is 301 g/mol. The zero-order valence-corrected chi connectivity index (χ0v) is 12.1. The molecule has 0 fully saturated rings. The van der Waals surface area contributed by atoms with Crippen LogP contribution in [0.1, 0.15) is 24.2 Å². The molecule has 0 saturated heterocycles. The van der Waals surface area contributed by atoms with Crippen molar-refractivity contribution in [1.29, 1.82) is 0 Å². The number of sulfonamides is 1. The summed E-state index contributed by atoms with van der Waals surface area (Å²) >= 11 is 0. The van der Waals surface area contributed by atoms with Crippen LogP contribution >= 0.6 is 0 Å². The highest BCUT2D eigenvalue weighted by atomic mass is 32.2. The van der Waals surface area contributed by atoms with Crippen molar-refractivity contribution in [2.24, 2.45) is 0 Å². The molecule has 0 unspecified atom stereocenters. The lowest BCUT2D eigenvalue weighted by atomic mass is 9.80. The first-order chi connectivity index (χ1) is 9.10. The van der Waals surface area contributed by atoms with E-state index in [4.69, 9.17) is 14.8 Å². The van der Waals surface area contributed by atoms with E-state index in [1.54, 1.807) is 13.8 Å². The van der Waals surface area contributed by atoms with Crippen molar-refractivity contribution in [3.8, 4) is 5.75 Å². The van der Waals surface area contributed by atoms with Gasteiger partial charge in [-0.15, -0.1) is 0 Å². The molecule has 0 aromatic heterocycles. The van der Waals surface area contributed by atoms with E-state index in [0.29, 0.717) is 0 Å². The summed E-state index contributed by atoms with van der Waals surface area (Å²) in [5.74, 6) is -0.770. The van der Waals surface area contributed by atoms with E-state index in [-0.39, 0.29) is 22.9 Å². The van der Waals surface area contributed by atoms with E-state index in [1.165, 1.54) is 18.2 Å². The van der Waals surface area contributed by atoms with Gasteiger partial charge >= 0.3 is 7.12 Å². The number of benzene rings is 1. The van der Waals surface area contributed by atoms with E-state index < -0.39 is 23.0 Å². The molecule has 7 nitrogen and oxygen atoms in total. The summed E-state index contributed by atoms with van der Waals surface area (Å²) in [5.41, 5.74) is 0.130. The van der Waals surface area contributed by atoms with Crippen molar-refractivity contribution in [2.75, 3.05) is 6.26 Å². The summed E-state index contributed by atoms with van der Waals surface area (Å²) in [5, 5.41) is 18.2. The molecule has 1 rings (SSSR count). The van der Waals surface area contributed by atoms with Crippen LogP contribution in [0, 0.1) is 0 Å². The largest absolute Gasteiger partial charge is 0.490 e. The summed E-state index contributed by atoms with van der Waals surface area (Å²) in [6.07, 6.45) is 0.588. The monoisotopic (exact) mass is 301 g/mol. The molecule has 9 heteroatoms. The van der Waals surface area contributed by atoms with Crippen LogP contribution in [-0.4, -0.2) is 43.9 Å². The molecule has 0 aliphatic carbocycles. The summed E-state index contributed by atoms with van der Waals surface area (Å²) in [4.78, 5) is 11.8. The molecule has 0 atom stereocenters. The minimum atomic E-state index is -3.70. The van der Waals surface area contributed by atoms with Crippen molar-refractivity contribution < 1.29 is 28.0 Å². The number of amides is 1. The maximum atomic E-state index is 11.8. The van der Waals surface area contributed by atoms with Gasteiger partial charge < -0.3 is 14.8 Å². The van der Waals surface area contributed by atoms with Crippen molar-refractivity contribution in [3.05, 3.63) is 23.8 Å². The topological polar surface area (TPSA) is 113 Å². The molecule has 0 radical (unpaired) electrons. The molecule has 1 aromatic carbocycles. The highest BCUT2D eigenvalue weighted by Gasteiger charge is 2.20. The first kappa shape index (κ1) is 16.5. The van der Waals surface area contributed by atoms with Crippen molar-refractivity contribution >= 4 is 28.5 Å². The van der Waals surface area contributed by atoms with Crippen molar-refractivity contribution in [2.45, 2.75) is 20.0 Å². The second kappa shape index (κ2) is 6.25. The van der Waals surface area contributed by atoms with E-state index in [0.717, 1.165) is 6.26 Å². The van der Waals surface area contributed by atoms with Crippen molar-refractivity contribution in [3.63, 3.8) is 0 Å². The van der Waals surface area contributed by atoms with Crippen LogP contribution in [-0.2, 0) is 10.0 Å². The van der Waals surface area contributed by atoms with Gasteiger partial charge in [-0.25, -0.2) is 13.1 Å². The number of ether oxygens (including phenoxy) is 1. The van der Waals surface area contributed by atoms with Crippen LogP contribution in [0.5, 0.6) is 5.75 Å². The molecule has 0 heterocycles. The molecule has 0 aliphatic heterocycles. The molecule has 0 spiro atoms. The molecule has 0 bridgehead atoms. The lowest BCUT2D eigenvalue weighted by molar-refractivity contribution is 0.0976. The van der Waals surface area contributed by atoms with Gasteiger partial charge in [-0.3, -0.25) is 4.79 Å². The Labute approximate surface area is 117 Å². The minimum Gasteiger partial charge on any atom is -0.490 e. The van der Waals surface area contributed by atoms with Crippen LogP contribution in [0.25, 0.3) is 0 Å². The maximum absolute atomic E-state index is 11.8. The SMILES string of the molecule is CC(C)Oc1cc(B(O)O)ccc1C(=O)NS(C)(=O)=O. The molecule has 0 aliphatic rings. The number of carbonyl (C=O) groups is 1. The minimum absolute atomic E-state index is 0.00600. The summed E-state index contributed by atoms with van der Waals surface area (Å²) in [6.45, 7) is 3.45. The normalized spacial score (nSPS) is 11.3. The molecule has 110 valence electrons. The Hall–Kier alpha value is -1.58. The van der Waals surface area contributed by atoms with Gasteiger partial charge in [-0.05, 0) is 31.4 Å². The van der Waals surface area contributed by atoms with Crippen molar-refractivity contribution in [1.82, 2.24) is 4.72 Å². The maximum Gasteiger partial charge on any atom is 0.488 e. The van der Waals surface area contributed by atoms with Gasteiger partial charge in [0, 0.05) is 0 Å². The molecular weight excluding hydrogens is 285 g/mol. The lowest BCUT2D eigenvalue weighted by Gasteiger charge is -2.15. The van der Waals surface area contributed by atoms with Gasteiger partial charge in [0.2, 0.25) is 10.0 Å². The molecule has 1 aromatic rings. The van der Waals surface area contributed by atoms with Crippen LogP contribution in [0.15, 0.2) is 18.2 Å². The van der Waals surface area contributed by atoms with E-state index in [9.17, 15) is 13.2 Å². The zero-order chi connectivity index (χ0) is 15.5. The summed E-state index contributed by atoms with van der Waals surface area (Å²) in [7, 11) is -5.41. The number of rotatable bonds is 5. The van der Waals surface area contributed by atoms with E-state index in [1.807, 2.05) is 4.72 Å². The molecule has 3 N–H and O–H groups in total. The van der Waals surface area contributed by atoms with Crippen LogP contribution in [0.4, 0.5) is 0 Å². The third-order valence-corrected chi connectivity index (χ3v) is 2.75. The smallest absolute Gasteiger partial charge is 0.488 e. The number of hydrogen-bond donors (Lipinski definition) is 3. The highest BCUT2D eigenvalue weighted by molar-refractivity contribution is 7.89. The summed E-state index contributed by atoms with van der Waals surface area (Å²) in [6, 6.07) is 3.85. The van der Waals surface area contributed by atoms with Gasteiger partial charge in [0.1, 0.15) is 5.75 Å². The van der Waals surface area contributed by atoms with E-state index in [2.05, 4.69) is 0 Å². The third kappa shape index (κ3) is 4.84. The van der Waals surface area contributed by atoms with Crippen LogP contribution < -0.4 is 14.9 Å². The summed E-state index contributed by atoms with van der Waals surface area (Å²) < 4.78 is 29.4. The van der Waals surface area contributed by atoms with Gasteiger partial charge in [0.15, 0.2) is 0 Å². The highest BCUT2D eigenvalue weighted by Crippen LogP contribution is 2.18. The zero-order valence-electron chi connectivity index (χ0n) is 11.3. The lowest BCUT2D eigenvalue weighted by Crippen LogP contribution is -2.33. The fourth-order valence-electron chi connectivity index (χ4n) is 1.46. The Morgan fingerprint density at radius 2 is 1.95 bits per heavy atom. The Morgan fingerprint density at radius 1 is 1.35 bits per heavy atom. The quantitative estimate of drug-likeness (QED) is 0.592. The van der Waals surface area contributed by atoms with Gasteiger partial charge in [0.25, 0.3) is 5.91 Å². The molecular formula is C11H16BNO6S. The molecule has 1 amide bonds. The molecule has 0 saturated carbocycles. The van der Waals surface area contributed by atoms with Gasteiger partial charge in [0.05, 0.1) is 17.9 Å². The van der Waals surface area contributed by atoms with Gasteiger partial charge in [-0.1, -0.05) is 6.07 Å². The number of hydrogen-bond acceptors (Lipinski definition) is 6. The van der Waals surface area contributed by atoms with Gasteiger partial charge in [-0.2, -0.15) is 0 Å². The Balaban J connectivity index is 3.20. The second-order valence-corrected chi connectivity index (χ2v) is 6.25. The average Bonchev–Trinajstić information content (AvgIpc) is 2.25. The van der Waals surface area contributed by atoms with E-state index >= 15 is 0 Å². The standard InChI is InChI=1S/C11H16BNO6S/c1-7(2)19-10-6-8(12(15)16)4-5-9(10)11(14)13-20(3,17)18/h4-7,15-16H,1-3H3,(H,13,14). The van der Waals surface area contributed by atoms with Crippen LogP contribution in [0.3, 0.4) is 0 Å². The fraction of sp³-hybridized carbons (Fsp3) is 0.364.